The number of rotatable bonds is 4. The van der Waals surface area contributed by atoms with Crippen molar-refractivity contribution in [1.82, 2.24) is 25.1 Å². The molecule has 1 fully saturated rings. The average molecular weight is 370 g/mol. The van der Waals surface area contributed by atoms with Crippen LogP contribution in [-0.4, -0.2) is 56.6 Å². The van der Waals surface area contributed by atoms with Crippen molar-refractivity contribution in [2.24, 2.45) is 0 Å². The third kappa shape index (κ3) is 3.71. The monoisotopic (exact) mass is 370 g/mol. The van der Waals surface area contributed by atoms with Crippen molar-refractivity contribution in [2.75, 3.05) is 18.0 Å². The number of aromatic amines is 1. The molecular formula is C19H26N6O2. The highest BCUT2D eigenvalue weighted by Gasteiger charge is 2.24. The Morgan fingerprint density at radius 1 is 1.19 bits per heavy atom. The topological polar surface area (TPSA) is 89.0 Å². The van der Waals surface area contributed by atoms with E-state index in [0.717, 1.165) is 41.2 Å². The second kappa shape index (κ2) is 7.11. The quantitative estimate of drug-likeness (QED) is 0.755. The zero-order chi connectivity index (χ0) is 19.0. The first-order valence-electron chi connectivity index (χ1n) is 9.23. The summed E-state index contributed by atoms with van der Waals surface area (Å²) < 4.78 is 11.5. The van der Waals surface area contributed by atoms with Crippen molar-refractivity contribution in [3.63, 3.8) is 0 Å². The fourth-order valence-corrected chi connectivity index (χ4v) is 3.41. The van der Waals surface area contributed by atoms with E-state index in [1.807, 2.05) is 26.0 Å². The van der Waals surface area contributed by atoms with E-state index in [-0.39, 0.29) is 19.7 Å². The van der Waals surface area contributed by atoms with Crippen molar-refractivity contribution < 1.29 is 10.9 Å². The summed E-state index contributed by atoms with van der Waals surface area (Å²) in [5.74, 6) is 1.45. The van der Waals surface area contributed by atoms with Crippen LogP contribution in [0.25, 0.3) is 22.3 Å². The molecule has 1 N–H and O–H groups in total. The summed E-state index contributed by atoms with van der Waals surface area (Å²) in [7, 11) is 0. The molecule has 0 saturated carbocycles. The fraction of sp³-hybridized carbons (Fsp3) is 0.474. The summed E-state index contributed by atoms with van der Waals surface area (Å²) in [6.07, 6.45) is 3.71. The fourth-order valence-electron chi connectivity index (χ4n) is 3.41. The van der Waals surface area contributed by atoms with Crippen molar-refractivity contribution in [2.45, 2.75) is 46.0 Å². The summed E-state index contributed by atoms with van der Waals surface area (Å²) in [6, 6.07) is 3.87. The van der Waals surface area contributed by atoms with Crippen LogP contribution < -0.4 is 9.64 Å². The van der Waals surface area contributed by atoms with Gasteiger partial charge in [-0.1, -0.05) is 0 Å². The van der Waals surface area contributed by atoms with Crippen LogP contribution in [0, 0.1) is 0 Å². The molecule has 2 unspecified atom stereocenters. The lowest BCUT2D eigenvalue weighted by Gasteiger charge is -2.36. The van der Waals surface area contributed by atoms with Crippen LogP contribution in [0.1, 0.15) is 29.1 Å². The van der Waals surface area contributed by atoms with E-state index in [4.69, 9.17) is 9.47 Å². The third-order valence-electron chi connectivity index (χ3n) is 4.42. The molecule has 8 nitrogen and oxygen atoms in total. The minimum absolute atomic E-state index is 0. The molecule has 3 aromatic heterocycles. The van der Waals surface area contributed by atoms with E-state index in [1.54, 1.807) is 12.5 Å². The van der Waals surface area contributed by atoms with Gasteiger partial charge >= 0.3 is 0 Å². The lowest BCUT2D eigenvalue weighted by atomic mass is 10.2. The summed E-state index contributed by atoms with van der Waals surface area (Å²) in [5, 5.41) is 8.39. The van der Waals surface area contributed by atoms with Crippen molar-refractivity contribution in [3.05, 3.63) is 24.7 Å². The molecule has 4 heterocycles. The molecule has 0 aromatic carbocycles. The number of morpholine rings is 1. The highest BCUT2D eigenvalue weighted by Crippen LogP contribution is 2.29. The predicted octanol–water partition coefficient (Wildman–Crippen LogP) is 3.06. The van der Waals surface area contributed by atoms with Gasteiger partial charge in [0.1, 0.15) is 17.8 Å². The number of hydrogen-bond donors (Lipinski definition) is 1. The van der Waals surface area contributed by atoms with Crippen LogP contribution >= 0.6 is 0 Å². The smallest absolute Gasteiger partial charge is 0.214 e. The predicted molar refractivity (Wildman–Crippen MR) is 105 cm³/mol. The maximum Gasteiger partial charge on any atom is 0.214 e. The van der Waals surface area contributed by atoms with E-state index in [1.165, 1.54) is 0 Å². The van der Waals surface area contributed by atoms with Gasteiger partial charge in [-0.3, -0.25) is 5.10 Å². The molecule has 27 heavy (non-hydrogen) atoms. The molecule has 0 aliphatic carbocycles. The summed E-state index contributed by atoms with van der Waals surface area (Å²) >= 11 is 0. The molecule has 8 heteroatoms. The van der Waals surface area contributed by atoms with Crippen LogP contribution in [0.2, 0.25) is 0 Å². The zero-order valence-electron chi connectivity index (χ0n) is 16.0. The van der Waals surface area contributed by atoms with Gasteiger partial charge in [0.2, 0.25) is 5.88 Å². The molecule has 0 amide bonds. The van der Waals surface area contributed by atoms with Crippen LogP contribution in [0.4, 0.5) is 5.82 Å². The number of anilines is 1. The molecule has 0 bridgehead atoms. The lowest BCUT2D eigenvalue weighted by Crippen LogP contribution is -2.45. The number of fused-ring (bicyclic) bond motifs is 1. The Bertz CT molecular complexity index is 937. The number of H-pyrrole nitrogens is 1. The summed E-state index contributed by atoms with van der Waals surface area (Å²) in [4.78, 5) is 15.4. The number of nitrogens with zero attached hydrogens (tertiary/aromatic N) is 5. The first-order valence-corrected chi connectivity index (χ1v) is 9.23. The van der Waals surface area contributed by atoms with Gasteiger partial charge in [0.25, 0.3) is 0 Å². The Labute approximate surface area is 159 Å². The van der Waals surface area contributed by atoms with Gasteiger partial charge in [0.15, 0.2) is 0 Å². The second-order valence-electron chi connectivity index (χ2n) is 7.23. The van der Waals surface area contributed by atoms with Crippen molar-refractivity contribution >= 4 is 16.7 Å². The van der Waals surface area contributed by atoms with E-state index in [2.05, 4.69) is 43.9 Å². The first kappa shape index (κ1) is 17.7. The number of aromatic nitrogens is 5. The van der Waals surface area contributed by atoms with Gasteiger partial charge < -0.3 is 14.4 Å². The molecular weight excluding hydrogens is 344 g/mol. The van der Waals surface area contributed by atoms with E-state index < -0.39 is 0 Å². The normalized spacial score (nSPS) is 20.4. The maximum atomic E-state index is 5.82. The Morgan fingerprint density at radius 2 is 1.96 bits per heavy atom. The highest BCUT2D eigenvalue weighted by atomic mass is 16.5. The summed E-state index contributed by atoms with van der Waals surface area (Å²) in [6.45, 7) is 9.72. The minimum atomic E-state index is 0. The molecule has 1 aliphatic heterocycles. The Hall–Kier alpha value is -2.74. The Balaban J connectivity index is 0.00000225. The molecule has 1 aliphatic rings. The number of ether oxygens (including phenoxy) is 2. The van der Waals surface area contributed by atoms with E-state index >= 15 is 0 Å². The van der Waals surface area contributed by atoms with Crippen LogP contribution in [0.3, 0.4) is 0 Å². The second-order valence-corrected chi connectivity index (χ2v) is 7.23. The van der Waals surface area contributed by atoms with Gasteiger partial charge in [-0.05, 0) is 27.7 Å². The summed E-state index contributed by atoms with van der Waals surface area (Å²) in [5.41, 5.74) is 2.37. The van der Waals surface area contributed by atoms with Crippen LogP contribution in [0.15, 0.2) is 24.7 Å². The molecule has 144 valence electrons. The highest BCUT2D eigenvalue weighted by molar-refractivity contribution is 5.92. The van der Waals surface area contributed by atoms with Gasteiger partial charge in [-0.2, -0.15) is 5.10 Å². The Kier molecular flexibility index (Phi) is 4.65. The third-order valence-corrected chi connectivity index (χ3v) is 4.42. The van der Waals surface area contributed by atoms with Crippen LogP contribution in [-0.2, 0) is 4.74 Å². The van der Waals surface area contributed by atoms with Crippen molar-refractivity contribution in [1.29, 1.82) is 0 Å². The standard InChI is InChI=1S/C19H24N6O2.H2/c1-11(2)26-18-5-14-16(7-20-18)23-24-19(14)15-6-17(22-10-21-15)25-8-12(3)27-13(4)9-25;/h5-7,10-13H,8-9H2,1-4H3,(H,23,24);1H. The van der Waals surface area contributed by atoms with Gasteiger partial charge in [-0.15, -0.1) is 0 Å². The number of pyridine rings is 1. The van der Waals surface area contributed by atoms with Crippen LogP contribution in [0.5, 0.6) is 5.88 Å². The molecule has 3 aromatic rings. The van der Waals surface area contributed by atoms with E-state index in [9.17, 15) is 0 Å². The SMILES string of the molecule is CC(C)Oc1cc2c(-c3cc(N4CC(C)OC(C)C4)ncn3)n[nH]c2cn1.[HH]. The van der Waals surface area contributed by atoms with Gasteiger partial charge in [0.05, 0.1) is 35.7 Å². The van der Waals surface area contributed by atoms with Gasteiger partial charge in [0, 0.05) is 32.0 Å². The number of hydrogen-bond acceptors (Lipinski definition) is 7. The molecule has 2 atom stereocenters. The molecule has 0 radical (unpaired) electrons. The molecule has 0 spiro atoms. The average Bonchev–Trinajstić information content (AvgIpc) is 3.04. The Morgan fingerprint density at radius 3 is 2.70 bits per heavy atom. The number of nitrogens with one attached hydrogen (secondary N) is 1. The van der Waals surface area contributed by atoms with Crippen molar-refractivity contribution in [3.8, 4) is 17.3 Å². The molecule has 1 saturated heterocycles. The molecule has 4 rings (SSSR count). The largest absolute Gasteiger partial charge is 0.475 e. The van der Waals surface area contributed by atoms with Gasteiger partial charge in [-0.25, -0.2) is 15.0 Å². The lowest BCUT2D eigenvalue weighted by molar-refractivity contribution is -0.00546. The maximum absolute atomic E-state index is 5.82. The van der Waals surface area contributed by atoms with E-state index in [0.29, 0.717) is 5.88 Å². The zero-order valence-corrected chi connectivity index (χ0v) is 16.0. The minimum Gasteiger partial charge on any atom is -0.475 e. The first-order chi connectivity index (χ1) is 13.0.